The molecule has 4 amide bonds. The second-order valence-electron chi connectivity index (χ2n) is 15.0. The minimum atomic E-state index is -1.40. The zero-order valence-electron chi connectivity index (χ0n) is 29.6. The first kappa shape index (κ1) is 34.9. The van der Waals surface area contributed by atoms with E-state index in [1.54, 1.807) is 44.3 Å². The number of hydrogen-bond donors (Lipinski definition) is 1. The number of thiophene rings is 1. The van der Waals surface area contributed by atoms with Crippen LogP contribution in [0.25, 0.3) is 20.7 Å². The predicted octanol–water partition coefficient (Wildman–Crippen LogP) is 8.51. The van der Waals surface area contributed by atoms with Gasteiger partial charge in [-0.05, 0) is 104 Å². The first-order valence-corrected chi connectivity index (χ1v) is 19.2. The van der Waals surface area contributed by atoms with E-state index in [2.05, 4.69) is 0 Å². The van der Waals surface area contributed by atoms with Crippen LogP contribution in [0, 0.1) is 48.8 Å². The number of fused-ring (bicyclic) bond motifs is 5. The third-order valence-corrected chi connectivity index (χ3v) is 14.1. The Labute approximate surface area is 323 Å². The van der Waals surface area contributed by atoms with E-state index >= 15 is 9.18 Å². The lowest BCUT2D eigenvalue weighted by Crippen LogP contribution is -2.49. The van der Waals surface area contributed by atoms with Crippen LogP contribution in [0.4, 0.5) is 15.9 Å². The second kappa shape index (κ2) is 12.1. The summed E-state index contributed by atoms with van der Waals surface area (Å²) in [5.74, 6) is -6.68. The van der Waals surface area contributed by atoms with Crippen LogP contribution >= 0.6 is 34.5 Å². The van der Waals surface area contributed by atoms with Gasteiger partial charge in [0.2, 0.25) is 23.6 Å². The van der Waals surface area contributed by atoms with Crippen molar-refractivity contribution in [2.75, 3.05) is 9.80 Å². The Kier molecular flexibility index (Phi) is 7.81. The van der Waals surface area contributed by atoms with E-state index < -0.39 is 64.3 Å². The molecule has 4 aliphatic rings. The first-order valence-electron chi connectivity index (χ1n) is 17.6. The van der Waals surface area contributed by atoms with Gasteiger partial charge in [0.15, 0.2) is 11.6 Å². The fourth-order valence-corrected chi connectivity index (χ4v) is 11.0. The molecule has 54 heavy (non-hydrogen) atoms. The average Bonchev–Trinajstić information content (AvgIpc) is 3.81. The number of rotatable bonds is 4. The Bertz CT molecular complexity index is 2560. The maximum absolute atomic E-state index is 15.2. The highest BCUT2D eigenvalue weighted by Crippen LogP contribution is 2.64. The van der Waals surface area contributed by atoms with Crippen molar-refractivity contribution in [2.45, 2.75) is 39.5 Å². The lowest BCUT2D eigenvalue weighted by Gasteiger charge is -2.49. The number of allylic oxidation sites excluding steroid dienone is 2. The smallest absolute Gasteiger partial charge is 0.242 e. The molecule has 9 rings (SSSR count). The SMILES string of the molecule is Cc1ccc(N2C(=O)[C@H]3[C@H](CC=C4[C@H]3C[C@H]3C(=O)N(c5cc(-c6sc7ccc(Cl)cc7c6C)nn5C)C(=O)[C@@]3(C)[C@H]4c3ccc(O)c(F)c3)C2=O)cc1Cl. The van der Waals surface area contributed by atoms with E-state index in [-0.39, 0.29) is 24.6 Å². The summed E-state index contributed by atoms with van der Waals surface area (Å²) in [5.41, 5.74) is 2.43. The molecular weight excluding hydrogens is 750 g/mol. The molecule has 0 radical (unpaired) electrons. The lowest BCUT2D eigenvalue weighted by atomic mass is 9.51. The van der Waals surface area contributed by atoms with Gasteiger partial charge in [-0.3, -0.25) is 23.9 Å². The summed E-state index contributed by atoms with van der Waals surface area (Å²) in [7, 11) is 1.68. The number of phenolic OH excluding ortho intramolecular Hbond substituents is 1. The van der Waals surface area contributed by atoms with Crippen LogP contribution in [0.5, 0.6) is 5.75 Å². The molecule has 5 aromatic rings. The van der Waals surface area contributed by atoms with Gasteiger partial charge < -0.3 is 5.11 Å². The molecule has 0 bridgehead atoms. The number of phenols is 1. The van der Waals surface area contributed by atoms with E-state index in [1.807, 2.05) is 38.1 Å². The third kappa shape index (κ3) is 4.77. The Morgan fingerprint density at radius 2 is 1.70 bits per heavy atom. The van der Waals surface area contributed by atoms with Gasteiger partial charge in [0.05, 0.1) is 33.7 Å². The molecule has 274 valence electrons. The van der Waals surface area contributed by atoms with Crippen molar-refractivity contribution >= 4 is 79.8 Å². The number of benzene rings is 3. The summed E-state index contributed by atoms with van der Waals surface area (Å²) in [5, 5.41) is 16.9. The van der Waals surface area contributed by atoms with Crippen LogP contribution < -0.4 is 9.80 Å². The molecule has 6 atom stereocenters. The van der Waals surface area contributed by atoms with E-state index in [9.17, 15) is 19.5 Å². The number of aromatic hydroxyl groups is 1. The van der Waals surface area contributed by atoms with Gasteiger partial charge in [-0.25, -0.2) is 14.2 Å². The number of carbonyl (C=O) groups is 4. The van der Waals surface area contributed by atoms with Crippen LogP contribution in [-0.4, -0.2) is 38.5 Å². The van der Waals surface area contributed by atoms with Crippen LogP contribution in [0.3, 0.4) is 0 Å². The van der Waals surface area contributed by atoms with Crippen molar-refractivity contribution in [3.63, 3.8) is 0 Å². The van der Waals surface area contributed by atoms with Gasteiger partial charge in [-0.15, -0.1) is 11.3 Å². The molecule has 1 N–H and O–H groups in total. The average molecular weight is 784 g/mol. The number of hydrogen-bond acceptors (Lipinski definition) is 7. The van der Waals surface area contributed by atoms with Crippen molar-refractivity contribution in [1.29, 1.82) is 0 Å². The Balaban J connectivity index is 1.15. The van der Waals surface area contributed by atoms with Gasteiger partial charge >= 0.3 is 0 Å². The summed E-state index contributed by atoms with van der Waals surface area (Å²) >= 11 is 14.3. The zero-order valence-corrected chi connectivity index (χ0v) is 31.9. The number of imide groups is 2. The summed E-state index contributed by atoms with van der Waals surface area (Å²) in [6.07, 6.45) is 2.26. The highest BCUT2D eigenvalue weighted by Gasteiger charge is 2.68. The molecule has 3 aromatic carbocycles. The highest BCUT2D eigenvalue weighted by atomic mass is 35.5. The molecule has 2 aliphatic carbocycles. The molecule has 0 spiro atoms. The number of carbonyl (C=O) groups excluding carboxylic acids is 4. The van der Waals surface area contributed by atoms with Crippen molar-refractivity contribution in [1.82, 2.24) is 9.78 Å². The topological polar surface area (TPSA) is 113 Å². The monoisotopic (exact) mass is 782 g/mol. The summed E-state index contributed by atoms with van der Waals surface area (Å²) in [6, 6.07) is 16.4. The standard InChI is InChI=1S/C41H33Cl2FN4O5S/c1-18-5-8-22(15-28(18)43)47-37(50)24-10-9-23-26(34(24)39(47)52)16-27-38(51)48(40(53)41(27,3)35(23)20-6-11-31(49)29(44)13-20)33-17-30(45-46(33)4)36-19(2)25-14-21(42)7-12-32(25)54-36/h5-9,11-15,17,24,26-27,34-35,49H,10,16H2,1-4H3/t24-,26+,27-,34-,35-,41+/m0/s1. The molecule has 2 aromatic heterocycles. The van der Waals surface area contributed by atoms with Crippen molar-refractivity contribution in [3.8, 4) is 16.3 Å². The van der Waals surface area contributed by atoms with E-state index in [1.165, 1.54) is 38.0 Å². The quantitative estimate of drug-likeness (QED) is 0.145. The molecule has 9 nitrogen and oxygen atoms in total. The Hall–Kier alpha value is -4.84. The molecule has 3 fully saturated rings. The Morgan fingerprint density at radius 3 is 2.44 bits per heavy atom. The van der Waals surface area contributed by atoms with Crippen LogP contribution in [0.2, 0.25) is 10.0 Å². The minimum absolute atomic E-state index is 0.129. The minimum Gasteiger partial charge on any atom is -0.505 e. The lowest BCUT2D eigenvalue weighted by molar-refractivity contribution is -0.131. The number of halogens is 3. The summed E-state index contributed by atoms with van der Waals surface area (Å²) < 4.78 is 17.7. The van der Waals surface area contributed by atoms with Gasteiger partial charge in [-0.2, -0.15) is 5.10 Å². The van der Waals surface area contributed by atoms with Crippen LogP contribution in [0.15, 0.2) is 72.3 Å². The fourth-order valence-electron chi connectivity index (χ4n) is 9.51. The van der Waals surface area contributed by atoms with Crippen molar-refractivity contribution in [2.24, 2.45) is 36.1 Å². The van der Waals surface area contributed by atoms with E-state index in [0.29, 0.717) is 32.6 Å². The number of aromatic nitrogens is 2. The van der Waals surface area contributed by atoms with Crippen LogP contribution in [-0.2, 0) is 26.2 Å². The number of anilines is 2. The highest BCUT2D eigenvalue weighted by molar-refractivity contribution is 7.22. The number of nitrogens with zero attached hydrogens (tertiary/aromatic N) is 4. The largest absolute Gasteiger partial charge is 0.505 e. The maximum Gasteiger partial charge on any atom is 0.242 e. The molecule has 13 heteroatoms. The third-order valence-electron chi connectivity index (χ3n) is 12.2. The molecular formula is C41H33Cl2FN4O5S. The van der Waals surface area contributed by atoms with Gasteiger partial charge in [0.25, 0.3) is 0 Å². The van der Waals surface area contributed by atoms with E-state index in [4.69, 9.17) is 28.3 Å². The first-order chi connectivity index (χ1) is 25.7. The number of aryl methyl sites for hydroxylation is 3. The zero-order chi connectivity index (χ0) is 38.1. The molecule has 2 saturated heterocycles. The predicted molar refractivity (Wildman–Crippen MR) is 205 cm³/mol. The summed E-state index contributed by atoms with van der Waals surface area (Å²) in [6.45, 7) is 5.54. The molecule has 1 saturated carbocycles. The molecule has 0 unspecified atom stereocenters. The maximum atomic E-state index is 15.2. The van der Waals surface area contributed by atoms with Gasteiger partial charge in [0.1, 0.15) is 11.5 Å². The summed E-state index contributed by atoms with van der Waals surface area (Å²) in [4.78, 5) is 61.4. The van der Waals surface area contributed by atoms with Crippen molar-refractivity contribution < 1.29 is 28.7 Å². The van der Waals surface area contributed by atoms with E-state index in [0.717, 1.165) is 26.1 Å². The normalized spacial score (nSPS) is 26.4. The van der Waals surface area contributed by atoms with Gasteiger partial charge in [0, 0.05) is 33.8 Å². The molecule has 2 aliphatic heterocycles. The van der Waals surface area contributed by atoms with Crippen LogP contribution in [0.1, 0.15) is 42.4 Å². The van der Waals surface area contributed by atoms with Gasteiger partial charge in [-0.1, -0.05) is 47.0 Å². The Morgan fingerprint density at radius 1 is 0.926 bits per heavy atom. The number of amides is 4. The van der Waals surface area contributed by atoms with Crippen molar-refractivity contribution in [3.05, 3.63) is 105 Å². The fraction of sp³-hybridized carbons (Fsp3) is 0.293. The molecule has 4 heterocycles. The second-order valence-corrected chi connectivity index (χ2v) is 16.9.